The highest BCUT2D eigenvalue weighted by atomic mass is 16.3. The quantitative estimate of drug-likeness (QED) is 0.205. The minimum Gasteiger partial charge on any atom is -0.455 e. The van der Waals surface area contributed by atoms with Gasteiger partial charge < -0.3 is 8.83 Å². The highest BCUT2D eigenvalue weighted by Gasteiger charge is 2.26. The summed E-state index contributed by atoms with van der Waals surface area (Å²) >= 11 is 0. The second-order valence-corrected chi connectivity index (χ2v) is 14.7. The van der Waals surface area contributed by atoms with Gasteiger partial charge >= 0.3 is 0 Å². The van der Waals surface area contributed by atoms with Gasteiger partial charge in [-0.3, -0.25) is 0 Å². The molecule has 44 heavy (non-hydrogen) atoms. The van der Waals surface area contributed by atoms with Gasteiger partial charge in [0, 0.05) is 32.3 Å². The SMILES string of the molecule is CCc1cc2oc3c4ccccc4c4oc5cc(CC)c6cc(C(C)(C)C)ccc6c5c4c3c2c2ccc(C(C)(C)C)cc12. The van der Waals surface area contributed by atoms with Crippen molar-refractivity contribution >= 4 is 76.2 Å². The van der Waals surface area contributed by atoms with Crippen molar-refractivity contribution in [3.63, 3.8) is 0 Å². The first kappa shape index (κ1) is 27.3. The van der Waals surface area contributed by atoms with E-state index in [-0.39, 0.29) is 10.8 Å². The molecule has 2 aromatic heterocycles. The Hall–Kier alpha value is -4.30. The number of benzene rings is 6. The van der Waals surface area contributed by atoms with Crippen molar-refractivity contribution in [2.24, 2.45) is 0 Å². The van der Waals surface area contributed by atoms with Crippen molar-refractivity contribution in [2.75, 3.05) is 0 Å². The normalized spacial score (nSPS) is 13.2. The molecule has 0 fully saturated rings. The molecule has 6 aromatic carbocycles. The van der Waals surface area contributed by atoms with Crippen LogP contribution in [-0.4, -0.2) is 0 Å². The summed E-state index contributed by atoms with van der Waals surface area (Å²) in [6.07, 6.45) is 1.89. The summed E-state index contributed by atoms with van der Waals surface area (Å²) in [4.78, 5) is 0. The maximum absolute atomic E-state index is 6.92. The second kappa shape index (κ2) is 9.11. The Balaban J connectivity index is 1.66. The van der Waals surface area contributed by atoms with Gasteiger partial charge in [0.25, 0.3) is 0 Å². The molecule has 0 aliphatic rings. The fourth-order valence-corrected chi connectivity index (χ4v) is 7.42. The molecule has 0 radical (unpaired) electrons. The van der Waals surface area contributed by atoms with E-state index in [1.54, 1.807) is 0 Å². The topological polar surface area (TPSA) is 26.3 Å². The minimum atomic E-state index is 0.0681. The predicted molar refractivity (Wildman–Crippen MR) is 190 cm³/mol. The Morgan fingerprint density at radius 1 is 0.455 bits per heavy atom. The molecule has 220 valence electrons. The highest BCUT2D eigenvalue weighted by molar-refractivity contribution is 6.39. The van der Waals surface area contributed by atoms with Gasteiger partial charge in [0.1, 0.15) is 22.3 Å². The first-order chi connectivity index (χ1) is 21.0. The van der Waals surface area contributed by atoms with Crippen molar-refractivity contribution < 1.29 is 8.83 Å². The van der Waals surface area contributed by atoms with E-state index in [0.29, 0.717) is 0 Å². The van der Waals surface area contributed by atoms with E-state index in [0.717, 1.165) is 56.7 Å². The lowest BCUT2D eigenvalue weighted by atomic mass is 9.84. The van der Waals surface area contributed by atoms with E-state index in [4.69, 9.17) is 8.83 Å². The van der Waals surface area contributed by atoms with E-state index >= 15 is 0 Å². The van der Waals surface area contributed by atoms with Crippen LogP contribution in [0.3, 0.4) is 0 Å². The molecular formula is C42H40O2. The summed E-state index contributed by atoms with van der Waals surface area (Å²) in [5.41, 5.74) is 9.27. The molecule has 0 unspecified atom stereocenters. The Labute approximate surface area is 258 Å². The first-order valence-corrected chi connectivity index (χ1v) is 16.1. The molecule has 0 saturated heterocycles. The van der Waals surface area contributed by atoms with E-state index in [1.807, 2.05) is 0 Å². The zero-order valence-electron chi connectivity index (χ0n) is 27.2. The zero-order chi connectivity index (χ0) is 30.7. The molecule has 0 saturated carbocycles. The van der Waals surface area contributed by atoms with Gasteiger partial charge in [-0.2, -0.15) is 0 Å². The fourth-order valence-electron chi connectivity index (χ4n) is 7.42. The second-order valence-electron chi connectivity index (χ2n) is 14.7. The van der Waals surface area contributed by atoms with E-state index in [9.17, 15) is 0 Å². The molecule has 2 heteroatoms. The lowest BCUT2D eigenvalue weighted by Gasteiger charge is -2.20. The van der Waals surface area contributed by atoms with Gasteiger partial charge in [-0.25, -0.2) is 0 Å². The smallest absolute Gasteiger partial charge is 0.144 e. The number of aryl methyl sites for hydroxylation is 2. The number of fused-ring (bicyclic) bond motifs is 14. The summed E-state index contributed by atoms with van der Waals surface area (Å²) in [7, 11) is 0. The van der Waals surface area contributed by atoms with Crippen molar-refractivity contribution in [2.45, 2.75) is 79.1 Å². The Morgan fingerprint density at radius 3 is 1.23 bits per heavy atom. The van der Waals surface area contributed by atoms with Crippen LogP contribution in [-0.2, 0) is 23.7 Å². The van der Waals surface area contributed by atoms with Crippen LogP contribution in [0.25, 0.3) is 76.2 Å². The Bertz CT molecular complexity index is 2290. The molecule has 0 amide bonds. The lowest BCUT2D eigenvalue weighted by Crippen LogP contribution is -2.10. The van der Waals surface area contributed by atoms with Gasteiger partial charge in [0.05, 0.1) is 0 Å². The van der Waals surface area contributed by atoms with Gasteiger partial charge in [-0.1, -0.05) is 116 Å². The Kier molecular flexibility index (Phi) is 5.65. The van der Waals surface area contributed by atoms with Crippen molar-refractivity contribution in [3.8, 4) is 0 Å². The van der Waals surface area contributed by atoms with Crippen molar-refractivity contribution in [1.82, 2.24) is 0 Å². The summed E-state index contributed by atoms with van der Waals surface area (Å²) in [6.45, 7) is 18.2. The lowest BCUT2D eigenvalue weighted by molar-refractivity contribution is 0.591. The number of rotatable bonds is 2. The van der Waals surface area contributed by atoms with Gasteiger partial charge in [0.15, 0.2) is 0 Å². The molecule has 0 N–H and O–H groups in total. The van der Waals surface area contributed by atoms with Crippen LogP contribution in [0, 0.1) is 0 Å². The summed E-state index contributed by atoms with van der Waals surface area (Å²) in [6, 6.07) is 27.2. The van der Waals surface area contributed by atoms with Crippen LogP contribution < -0.4 is 0 Å². The highest BCUT2D eigenvalue weighted by Crippen LogP contribution is 2.49. The summed E-state index contributed by atoms with van der Waals surface area (Å²) in [5, 5.41) is 12.0. The summed E-state index contributed by atoms with van der Waals surface area (Å²) < 4.78 is 13.8. The van der Waals surface area contributed by atoms with Crippen LogP contribution >= 0.6 is 0 Å². The average Bonchev–Trinajstić information content (AvgIpc) is 3.58. The molecular weight excluding hydrogens is 536 g/mol. The van der Waals surface area contributed by atoms with Gasteiger partial charge in [-0.15, -0.1) is 0 Å². The number of furan rings is 2. The fraction of sp³-hybridized carbons (Fsp3) is 0.286. The molecule has 0 atom stereocenters. The minimum absolute atomic E-state index is 0.0681. The third-order valence-electron chi connectivity index (χ3n) is 9.91. The van der Waals surface area contributed by atoms with Crippen molar-refractivity contribution in [3.05, 3.63) is 95.1 Å². The zero-order valence-corrected chi connectivity index (χ0v) is 27.2. The first-order valence-electron chi connectivity index (χ1n) is 16.1. The molecule has 0 bridgehead atoms. The average molecular weight is 577 g/mol. The third kappa shape index (κ3) is 3.73. The summed E-state index contributed by atoms with van der Waals surface area (Å²) in [5.74, 6) is 0. The van der Waals surface area contributed by atoms with E-state index in [1.165, 1.54) is 54.6 Å². The largest absolute Gasteiger partial charge is 0.455 e. The molecule has 0 aliphatic carbocycles. The van der Waals surface area contributed by atoms with Crippen molar-refractivity contribution in [1.29, 1.82) is 0 Å². The van der Waals surface area contributed by atoms with Gasteiger partial charge in [-0.05, 0) is 79.6 Å². The molecule has 2 heterocycles. The molecule has 0 aliphatic heterocycles. The molecule has 0 spiro atoms. The van der Waals surface area contributed by atoms with Crippen LogP contribution in [0.4, 0.5) is 0 Å². The number of hydrogen-bond acceptors (Lipinski definition) is 2. The standard InChI is InChI=1S/C42H40O2/c1-9-23-19-33-35(27-17-15-25(21-31(23)27)41(3,4)5)37-38-36-28-18-16-26(42(6,7)8)22-32(28)24(10-2)20-34(36)44-40(38)30-14-12-11-13-29(30)39(37)43-33/h11-22H,9-10H2,1-8H3. The maximum atomic E-state index is 6.92. The number of hydrogen-bond donors (Lipinski definition) is 0. The van der Waals surface area contributed by atoms with Crippen LogP contribution in [0.5, 0.6) is 0 Å². The van der Waals surface area contributed by atoms with E-state index < -0.39 is 0 Å². The Morgan fingerprint density at radius 2 is 0.864 bits per heavy atom. The molecule has 8 rings (SSSR count). The van der Waals surface area contributed by atoms with Crippen LogP contribution in [0.1, 0.15) is 77.6 Å². The third-order valence-corrected chi connectivity index (χ3v) is 9.91. The predicted octanol–water partition coefficient (Wildman–Crippen LogP) is 12.7. The van der Waals surface area contributed by atoms with Crippen LogP contribution in [0.15, 0.2) is 81.6 Å². The van der Waals surface area contributed by atoms with Crippen LogP contribution in [0.2, 0.25) is 0 Å². The van der Waals surface area contributed by atoms with E-state index in [2.05, 4.69) is 128 Å². The van der Waals surface area contributed by atoms with Gasteiger partial charge in [0.2, 0.25) is 0 Å². The maximum Gasteiger partial charge on any atom is 0.144 e. The monoisotopic (exact) mass is 576 g/mol. The molecule has 8 aromatic rings. The molecule has 2 nitrogen and oxygen atoms in total.